The van der Waals surface area contributed by atoms with E-state index in [4.69, 9.17) is 21.7 Å². The molecule has 8 heteroatoms. The number of hydrogen-bond donors (Lipinski definition) is 0. The van der Waals surface area contributed by atoms with Gasteiger partial charge in [-0.05, 0) is 19.1 Å². The maximum absolute atomic E-state index is 12.4. The molecule has 0 saturated carbocycles. The first-order valence-electron chi connectivity index (χ1n) is 6.59. The zero-order chi connectivity index (χ0) is 17.1. The third-order valence-corrected chi connectivity index (χ3v) is 4.60. The quantitative estimate of drug-likeness (QED) is 0.579. The predicted octanol–water partition coefficient (Wildman–Crippen LogP) is 1.04. The van der Waals surface area contributed by atoms with Crippen LogP contribution in [-0.4, -0.2) is 41.4 Å². The molecular formula is C15H14NO5S2-. The maximum atomic E-state index is 12.4. The third-order valence-electron chi connectivity index (χ3n) is 3.27. The van der Waals surface area contributed by atoms with Gasteiger partial charge in [-0.1, -0.05) is 36.1 Å². The molecule has 1 amide bonds. The molecule has 1 heterocycles. The first-order valence-corrected chi connectivity index (χ1v) is 7.82. The van der Waals surface area contributed by atoms with E-state index in [0.717, 1.165) is 16.7 Å². The average Bonchev–Trinajstić information content (AvgIpc) is 2.80. The normalized spacial score (nSPS) is 17.5. The van der Waals surface area contributed by atoms with Crippen LogP contribution in [0, 0.1) is 0 Å². The summed E-state index contributed by atoms with van der Waals surface area (Å²) in [6.07, 6.45) is 1.60. The lowest BCUT2D eigenvalue weighted by molar-refractivity contribution is -0.309. The molecule has 0 bridgehead atoms. The average molecular weight is 352 g/mol. The van der Waals surface area contributed by atoms with E-state index in [1.165, 1.54) is 21.1 Å². The summed E-state index contributed by atoms with van der Waals surface area (Å²) in [5.74, 6) is -0.823. The standard InChI is InChI=1S/C15H15NO5S2/c1-8(14(18)19)16-13(17)11(23-15(16)22)7-9-5-4-6-10(20-2)12(9)21-3/h4-8H,1-3H3,(H,18,19)/p-1/b11-7+/t8-/m0/s1. The van der Waals surface area contributed by atoms with Crippen molar-refractivity contribution in [2.45, 2.75) is 13.0 Å². The lowest BCUT2D eigenvalue weighted by atomic mass is 10.1. The SMILES string of the molecule is COc1cccc(/C=C2/SC(=S)N([C@@H](C)C(=O)[O-])C2=O)c1OC. The number of carboxylic acid groups (broad SMARTS) is 1. The van der Waals surface area contributed by atoms with Crippen molar-refractivity contribution in [1.29, 1.82) is 0 Å². The van der Waals surface area contributed by atoms with Gasteiger partial charge in [-0.25, -0.2) is 0 Å². The molecule has 0 N–H and O–H groups in total. The molecule has 0 spiro atoms. The Kier molecular flexibility index (Phi) is 5.27. The van der Waals surface area contributed by atoms with Gasteiger partial charge in [-0.15, -0.1) is 0 Å². The highest BCUT2D eigenvalue weighted by Gasteiger charge is 2.36. The number of para-hydroxylation sites is 1. The summed E-state index contributed by atoms with van der Waals surface area (Å²) >= 11 is 6.13. The van der Waals surface area contributed by atoms with E-state index in [2.05, 4.69) is 0 Å². The van der Waals surface area contributed by atoms with Gasteiger partial charge in [0.1, 0.15) is 4.32 Å². The molecule has 122 valence electrons. The van der Waals surface area contributed by atoms with Crippen LogP contribution in [0.15, 0.2) is 23.1 Å². The summed E-state index contributed by atoms with van der Waals surface area (Å²) in [4.78, 5) is 24.8. The van der Waals surface area contributed by atoms with E-state index in [-0.39, 0.29) is 4.32 Å². The fourth-order valence-corrected chi connectivity index (χ4v) is 3.50. The first-order chi connectivity index (χ1) is 10.9. The molecule has 0 unspecified atom stereocenters. The maximum Gasteiger partial charge on any atom is 0.266 e. The van der Waals surface area contributed by atoms with Crippen molar-refractivity contribution in [3.8, 4) is 11.5 Å². The number of aliphatic carboxylic acids is 1. The molecule has 0 radical (unpaired) electrons. The number of hydrogen-bond acceptors (Lipinski definition) is 7. The Hall–Kier alpha value is -2.06. The van der Waals surface area contributed by atoms with E-state index in [0.29, 0.717) is 22.0 Å². The van der Waals surface area contributed by atoms with Crippen molar-refractivity contribution >= 4 is 46.3 Å². The number of carbonyl (C=O) groups is 2. The highest BCUT2D eigenvalue weighted by atomic mass is 32.2. The summed E-state index contributed by atoms with van der Waals surface area (Å²) in [6.45, 7) is 1.36. The van der Waals surface area contributed by atoms with Crippen LogP contribution >= 0.6 is 24.0 Å². The molecular weight excluding hydrogens is 338 g/mol. The summed E-state index contributed by atoms with van der Waals surface area (Å²) < 4.78 is 10.7. The highest BCUT2D eigenvalue weighted by Crippen LogP contribution is 2.37. The highest BCUT2D eigenvalue weighted by molar-refractivity contribution is 8.26. The third kappa shape index (κ3) is 3.32. The molecule has 2 rings (SSSR count). The van der Waals surface area contributed by atoms with Crippen molar-refractivity contribution in [2.75, 3.05) is 14.2 Å². The number of benzene rings is 1. The molecule has 0 aromatic heterocycles. The van der Waals surface area contributed by atoms with Crippen LogP contribution in [0.1, 0.15) is 12.5 Å². The van der Waals surface area contributed by atoms with E-state index < -0.39 is 17.9 Å². The second kappa shape index (κ2) is 7.01. The number of rotatable bonds is 5. The van der Waals surface area contributed by atoms with Gasteiger partial charge in [-0.3, -0.25) is 9.69 Å². The summed E-state index contributed by atoms with van der Waals surface area (Å²) in [6, 6.07) is 4.13. The van der Waals surface area contributed by atoms with Crippen LogP contribution in [0.5, 0.6) is 11.5 Å². The Morgan fingerprint density at radius 2 is 2.09 bits per heavy atom. The molecule has 23 heavy (non-hydrogen) atoms. The number of carboxylic acids is 1. The number of ether oxygens (including phenoxy) is 2. The van der Waals surface area contributed by atoms with Crippen LogP contribution in [0.2, 0.25) is 0 Å². The summed E-state index contributed by atoms with van der Waals surface area (Å²) in [7, 11) is 3.02. The van der Waals surface area contributed by atoms with Gasteiger partial charge >= 0.3 is 0 Å². The monoisotopic (exact) mass is 352 g/mol. The Balaban J connectivity index is 2.40. The summed E-state index contributed by atoms with van der Waals surface area (Å²) in [5.41, 5.74) is 0.633. The first kappa shape index (κ1) is 17.3. The second-order valence-corrected chi connectivity index (χ2v) is 6.31. The Bertz CT molecular complexity index is 701. The van der Waals surface area contributed by atoms with Gasteiger partial charge in [0.15, 0.2) is 11.5 Å². The van der Waals surface area contributed by atoms with Gasteiger partial charge in [-0.2, -0.15) is 0 Å². The molecule has 1 fully saturated rings. The van der Waals surface area contributed by atoms with Gasteiger partial charge in [0.25, 0.3) is 5.91 Å². The van der Waals surface area contributed by atoms with Crippen LogP contribution in [-0.2, 0) is 9.59 Å². The van der Waals surface area contributed by atoms with Crippen LogP contribution in [0.3, 0.4) is 0 Å². The fraction of sp³-hybridized carbons (Fsp3) is 0.267. The molecule has 1 aliphatic heterocycles. The number of nitrogens with zero attached hydrogens (tertiary/aromatic N) is 1. The van der Waals surface area contributed by atoms with E-state index in [9.17, 15) is 14.7 Å². The molecule has 1 aromatic carbocycles. The van der Waals surface area contributed by atoms with Gasteiger partial charge in [0.05, 0.1) is 31.1 Å². The largest absolute Gasteiger partial charge is 0.548 e. The second-order valence-electron chi connectivity index (χ2n) is 4.63. The molecule has 6 nitrogen and oxygen atoms in total. The molecule has 0 aliphatic carbocycles. The number of thiocarbonyl (C=S) groups is 1. The number of amides is 1. The predicted molar refractivity (Wildman–Crippen MR) is 89.0 cm³/mol. The van der Waals surface area contributed by atoms with Gasteiger partial charge in [0, 0.05) is 5.56 Å². The van der Waals surface area contributed by atoms with Crippen molar-refractivity contribution < 1.29 is 24.2 Å². The van der Waals surface area contributed by atoms with Crippen molar-refractivity contribution in [2.24, 2.45) is 0 Å². The molecule has 1 aromatic rings. The van der Waals surface area contributed by atoms with E-state index in [1.807, 2.05) is 0 Å². The minimum atomic E-state index is -1.36. The van der Waals surface area contributed by atoms with Crippen LogP contribution in [0.4, 0.5) is 0 Å². The zero-order valence-electron chi connectivity index (χ0n) is 12.7. The Labute approximate surface area is 143 Å². The van der Waals surface area contributed by atoms with Crippen molar-refractivity contribution in [3.05, 3.63) is 28.7 Å². The van der Waals surface area contributed by atoms with Crippen LogP contribution in [0.25, 0.3) is 6.08 Å². The number of carbonyl (C=O) groups excluding carboxylic acids is 2. The fourth-order valence-electron chi connectivity index (χ4n) is 2.09. The number of thioether (sulfide) groups is 1. The van der Waals surface area contributed by atoms with E-state index >= 15 is 0 Å². The minimum Gasteiger partial charge on any atom is -0.548 e. The van der Waals surface area contributed by atoms with Crippen molar-refractivity contribution in [1.82, 2.24) is 4.90 Å². The number of methoxy groups -OCH3 is 2. The van der Waals surface area contributed by atoms with E-state index in [1.54, 1.807) is 24.3 Å². The minimum absolute atomic E-state index is 0.180. The summed E-state index contributed by atoms with van der Waals surface area (Å²) in [5, 5.41) is 11.0. The van der Waals surface area contributed by atoms with Gasteiger partial charge in [0.2, 0.25) is 0 Å². The molecule has 1 saturated heterocycles. The Morgan fingerprint density at radius 1 is 1.39 bits per heavy atom. The van der Waals surface area contributed by atoms with Crippen molar-refractivity contribution in [3.63, 3.8) is 0 Å². The molecule has 1 aliphatic rings. The smallest absolute Gasteiger partial charge is 0.266 e. The van der Waals surface area contributed by atoms with Gasteiger partial charge < -0.3 is 19.4 Å². The molecule has 1 atom stereocenters. The lowest BCUT2D eigenvalue weighted by Gasteiger charge is -2.23. The van der Waals surface area contributed by atoms with Crippen LogP contribution < -0.4 is 14.6 Å². The lowest BCUT2D eigenvalue weighted by Crippen LogP contribution is -2.48. The Morgan fingerprint density at radius 3 is 2.65 bits per heavy atom. The zero-order valence-corrected chi connectivity index (χ0v) is 14.3. The topological polar surface area (TPSA) is 78.9 Å².